The maximum atomic E-state index is 13.3. The molecule has 25 heavy (non-hydrogen) atoms. The summed E-state index contributed by atoms with van der Waals surface area (Å²) in [4.78, 5) is 28.2. The lowest BCUT2D eigenvalue weighted by atomic mass is 9.90. The zero-order chi connectivity index (χ0) is 17.8. The van der Waals surface area contributed by atoms with Crippen LogP contribution in [0.2, 0.25) is 0 Å². The monoisotopic (exact) mass is 342 g/mol. The number of halogens is 1. The summed E-state index contributed by atoms with van der Waals surface area (Å²) in [5.41, 5.74) is 2.95. The fourth-order valence-corrected chi connectivity index (χ4v) is 3.19. The molecular formula is C19H19FN2O3. The third-order valence-corrected chi connectivity index (χ3v) is 4.45. The van der Waals surface area contributed by atoms with Gasteiger partial charge < -0.3 is 10.4 Å². The van der Waals surface area contributed by atoms with Gasteiger partial charge in [-0.1, -0.05) is 12.1 Å². The van der Waals surface area contributed by atoms with Crippen molar-refractivity contribution in [1.82, 2.24) is 10.3 Å². The summed E-state index contributed by atoms with van der Waals surface area (Å²) in [7, 11) is 0. The smallest absolute Gasteiger partial charge is 0.326 e. The van der Waals surface area contributed by atoms with Crippen molar-refractivity contribution in [3.63, 3.8) is 0 Å². The Bertz CT molecular complexity index is 807. The highest BCUT2D eigenvalue weighted by atomic mass is 19.1. The highest BCUT2D eigenvalue weighted by molar-refractivity contribution is 5.98. The summed E-state index contributed by atoms with van der Waals surface area (Å²) in [5, 5.41) is 12.0. The lowest BCUT2D eigenvalue weighted by molar-refractivity contribution is -0.139. The van der Waals surface area contributed by atoms with E-state index >= 15 is 0 Å². The molecule has 0 fully saturated rings. The molecule has 6 heteroatoms. The van der Waals surface area contributed by atoms with Gasteiger partial charge in [-0.15, -0.1) is 0 Å². The molecule has 1 atom stereocenters. The number of hydrogen-bond acceptors (Lipinski definition) is 3. The fraction of sp³-hybridized carbons (Fsp3) is 0.316. The van der Waals surface area contributed by atoms with Crippen LogP contribution in [0.5, 0.6) is 0 Å². The number of hydrogen-bond donors (Lipinski definition) is 2. The molecule has 0 radical (unpaired) electrons. The Morgan fingerprint density at radius 1 is 1.24 bits per heavy atom. The van der Waals surface area contributed by atoms with E-state index in [0.29, 0.717) is 11.1 Å². The van der Waals surface area contributed by atoms with Crippen LogP contribution < -0.4 is 5.32 Å². The average molecular weight is 342 g/mol. The van der Waals surface area contributed by atoms with Crippen molar-refractivity contribution in [3.8, 4) is 0 Å². The first-order chi connectivity index (χ1) is 12.0. The Hall–Kier alpha value is -2.76. The third-order valence-electron chi connectivity index (χ3n) is 4.45. The molecule has 0 spiro atoms. The Morgan fingerprint density at radius 3 is 2.80 bits per heavy atom. The Labute approximate surface area is 144 Å². The van der Waals surface area contributed by atoms with E-state index in [0.717, 1.165) is 36.8 Å². The number of carbonyl (C=O) groups is 2. The molecule has 0 saturated heterocycles. The van der Waals surface area contributed by atoms with E-state index in [-0.39, 0.29) is 6.42 Å². The van der Waals surface area contributed by atoms with E-state index in [9.17, 15) is 19.1 Å². The van der Waals surface area contributed by atoms with Crippen LogP contribution in [0.4, 0.5) is 4.39 Å². The highest BCUT2D eigenvalue weighted by Crippen LogP contribution is 2.23. The van der Waals surface area contributed by atoms with Crippen molar-refractivity contribution in [1.29, 1.82) is 0 Å². The summed E-state index contributed by atoms with van der Waals surface area (Å²) in [6.07, 6.45) is 7.02. The quantitative estimate of drug-likeness (QED) is 0.875. The largest absolute Gasteiger partial charge is 0.480 e. The molecule has 0 aliphatic heterocycles. The standard InChI is InChI=1S/C19H19FN2O3/c20-14-6-3-4-12(8-14)9-17(19(24)25)22-18(23)16-11-21-10-13-5-1-2-7-15(13)16/h3-4,6,8,10-11,17H,1-2,5,7,9H2,(H,22,23)(H,24,25)/t17-/m0/s1. The number of rotatable bonds is 5. The van der Waals surface area contributed by atoms with Gasteiger partial charge in [0.15, 0.2) is 0 Å². The van der Waals surface area contributed by atoms with Crippen LogP contribution in [-0.4, -0.2) is 28.0 Å². The first kappa shape index (κ1) is 17.1. The van der Waals surface area contributed by atoms with Crippen molar-refractivity contribution >= 4 is 11.9 Å². The molecule has 1 aromatic carbocycles. The summed E-state index contributed by atoms with van der Waals surface area (Å²) in [6.45, 7) is 0. The van der Waals surface area contributed by atoms with E-state index in [1.165, 1.54) is 24.4 Å². The summed E-state index contributed by atoms with van der Waals surface area (Å²) in [5.74, 6) is -2.04. The van der Waals surface area contributed by atoms with E-state index in [4.69, 9.17) is 0 Å². The van der Waals surface area contributed by atoms with Gasteiger partial charge in [-0.2, -0.15) is 0 Å². The number of benzene rings is 1. The number of aromatic nitrogens is 1. The number of amides is 1. The number of fused-ring (bicyclic) bond motifs is 1. The van der Waals surface area contributed by atoms with Gasteiger partial charge in [0.1, 0.15) is 11.9 Å². The van der Waals surface area contributed by atoms with Crippen molar-refractivity contribution in [3.05, 3.63) is 64.7 Å². The summed E-state index contributed by atoms with van der Waals surface area (Å²) >= 11 is 0. The van der Waals surface area contributed by atoms with Crippen molar-refractivity contribution in [2.45, 2.75) is 38.1 Å². The molecule has 1 aromatic heterocycles. The normalized spacial score (nSPS) is 14.4. The second-order valence-electron chi connectivity index (χ2n) is 6.23. The number of aryl methyl sites for hydroxylation is 1. The zero-order valence-electron chi connectivity index (χ0n) is 13.7. The molecule has 0 bridgehead atoms. The van der Waals surface area contributed by atoms with E-state index in [2.05, 4.69) is 10.3 Å². The SMILES string of the molecule is O=C(N[C@@H](Cc1cccc(F)c1)C(=O)O)c1cncc2c1CCCC2. The Morgan fingerprint density at radius 2 is 2.04 bits per heavy atom. The molecule has 1 heterocycles. The van der Waals surface area contributed by atoms with Crippen LogP contribution in [0.1, 0.15) is 39.9 Å². The van der Waals surface area contributed by atoms with E-state index in [1.807, 2.05) is 0 Å². The molecule has 130 valence electrons. The molecule has 0 unspecified atom stereocenters. The number of nitrogens with zero attached hydrogens (tertiary/aromatic N) is 1. The van der Waals surface area contributed by atoms with Crippen LogP contribution in [0, 0.1) is 5.82 Å². The van der Waals surface area contributed by atoms with Gasteiger partial charge in [0, 0.05) is 18.8 Å². The molecule has 1 aliphatic carbocycles. The maximum absolute atomic E-state index is 13.3. The minimum absolute atomic E-state index is 0.0152. The van der Waals surface area contributed by atoms with Gasteiger partial charge in [0.05, 0.1) is 5.56 Å². The second-order valence-corrected chi connectivity index (χ2v) is 6.23. The number of pyridine rings is 1. The van der Waals surface area contributed by atoms with Gasteiger partial charge in [-0.25, -0.2) is 9.18 Å². The third kappa shape index (κ3) is 4.02. The predicted octanol–water partition coefficient (Wildman–Crippen LogP) is 2.53. The molecule has 2 N–H and O–H groups in total. The number of carboxylic acid groups (broad SMARTS) is 1. The van der Waals surface area contributed by atoms with Crippen LogP contribution in [-0.2, 0) is 24.1 Å². The van der Waals surface area contributed by atoms with Crippen molar-refractivity contribution in [2.75, 3.05) is 0 Å². The first-order valence-electron chi connectivity index (χ1n) is 8.28. The highest BCUT2D eigenvalue weighted by Gasteiger charge is 2.24. The molecule has 1 amide bonds. The zero-order valence-corrected chi connectivity index (χ0v) is 13.7. The Balaban J connectivity index is 1.79. The molecule has 3 rings (SSSR count). The summed E-state index contributed by atoms with van der Waals surface area (Å²) in [6, 6.07) is 4.59. The van der Waals surface area contributed by atoms with Gasteiger partial charge in [-0.05, 0) is 54.5 Å². The number of carboxylic acids is 1. The Kier molecular flexibility index (Phi) is 5.07. The van der Waals surface area contributed by atoms with Crippen molar-refractivity contribution < 1.29 is 19.1 Å². The van der Waals surface area contributed by atoms with Crippen LogP contribution in [0.3, 0.4) is 0 Å². The minimum Gasteiger partial charge on any atom is -0.480 e. The number of nitrogens with one attached hydrogen (secondary N) is 1. The van der Waals surface area contributed by atoms with Gasteiger partial charge >= 0.3 is 5.97 Å². The average Bonchev–Trinajstić information content (AvgIpc) is 2.60. The predicted molar refractivity (Wildman–Crippen MR) is 89.9 cm³/mol. The lowest BCUT2D eigenvalue weighted by Gasteiger charge is -2.20. The minimum atomic E-state index is -1.16. The van der Waals surface area contributed by atoms with Gasteiger partial charge in [0.2, 0.25) is 0 Å². The summed E-state index contributed by atoms with van der Waals surface area (Å²) < 4.78 is 13.3. The van der Waals surface area contributed by atoms with Crippen LogP contribution in [0.15, 0.2) is 36.7 Å². The first-order valence-corrected chi connectivity index (χ1v) is 8.28. The number of carbonyl (C=O) groups excluding carboxylic acids is 1. The maximum Gasteiger partial charge on any atom is 0.326 e. The molecule has 5 nitrogen and oxygen atoms in total. The molecule has 0 saturated carbocycles. The van der Waals surface area contributed by atoms with E-state index < -0.39 is 23.7 Å². The van der Waals surface area contributed by atoms with Crippen molar-refractivity contribution in [2.24, 2.45) is 0 Å². The van der Waals surface area contributed by atoms with Crippen LogP contribution >= 0.6 is 0 Å². The molecular weight excluding hydrogens is 323 g/mol. The lowest BCUT2D eigenvalue weighted by Crippen LogP contribution is -2.42. The van der Waals surface area contributed by atoms with E-state index in [1.54, 1.807) is 12.3 Å². The second kappa shape index (κ2) is 7.42. The molecule has 2 aromatic rings. The fourth-order valence-electron chi connectivity index (χ4n) is 3.19. The molecule has 1 aliphatic rings. The van der Waals surface area contributed by atoms with Gasteiger partial charge in [0.25, 0.3) is 5.91 Å². The topological polar surface area (TPSA) is 79.3 Å². The van der Waals surface area contributed by atoms with Crippen LogP contribution in [0.25, 0.3) is 0 Å². The number of aliphatic carboxylic acids is 1. The van der Waals surface area contributed by atoms with Gasteiger partial charge in [-0.3, -0.25) is 9.78 Å².